The van der Waals surface area contributed by atoms with Crippen LogP contribution in [0.1, 0.15) is 30.6 Å². The van der Waals surface area contributed by atoms with Crippen molar-refractivity contribution < 1.29 is 9.59 Å². The van der Waals surface area contributed by atoms with Gasteiger partial charge in [0.2, 0.25) is 5.91 Å². The standard InChI is InChI=1S/C19H31N5O2/c1-14(2)12-24-8-7-15(13-24)9-22-19(26)16-5-6-17(20-10-16)21-11-18(25)23(3)4/h5-6,10,14-15H,7-9,11-13H2,1-4H3,(H,20,21)(H,22,26)/t15-/m1/s1. The topological polar surface area (TPSA) is 77.6 Å². The highest BCUT2D eigenvalue weighted by Crippen LogP contribution is 2.16. The van der Waals surface area contributed by atoms with Gasteiger partial charge in [0.25, 0.3) is 5.91 Å². The fourth-order valence-corrected chi connectivity index (χ4v) is 3.06. The smallest absolute Gasteiger partial charge is 0.252 e. The van der Waals surface area contributed by atoms with Crippen LogP contribution < -0.4 is 10.6 Å². The van der Waals surface area contributed by atoms with Crippen LogP contribution in [0.15, 0.2) is 18.3 Å². The second kappa shape index (κ2) is 9.52. The van der Waals surface area contributed by atoms with E-state index in [1.54, 1.807) is 26.2 Å². The third-order valence-electron chi connectivity index (χ3n) is 4.49. The lowest BCUT2D eigenvalue weighted by Crippen LogP contribution is -2.32. The first-order chi connectivity index (χ1) is 12.3. The molecule has 1 aliphatic rings. The van der Waals surface area contributed by atoms with Crippen molar-refractivity contribution in [2.75, 3.05) is 52.1 Å². The Morgan fingerprint density at radius 3 is 2.73 bits per heavy atom. The van der Waals surface area contributed by atoms with Gasteiger partial charge in [-0.15, -0.1) is 0 Å². The summed E-state index contributed by atoms with van der Waals surface area (Å²) < 4.78 is 0. The maximum absolute atomic E-state index is 12.3. The lowest BCUT2D eigenvalue weighted by Gasteiger charge is -2.18. The van der Waals surface area contributed by atoms with E-state index < -0.39 is 0 Å². The first-order valence-corrected chi connectivity index (χ1v) is 9.25. The van der Waals surface area contributed by atoms with Crippen molar-refractivity contribution in [3.63, 3.8) is 0 Å². The largest absolute Gasteiger partial charge is 0.361 e. The zero-order valence-corrected chi connectivity index (χ0v) is 16.3. The van der Waals surface area contributed by atoms with Crippen LogP contribution in [0, 0.1) is 11.8 Å². The van der Waals surface area contributed by atoms with Gasteiger partial charge in [-0.1, -0.05) is 13.8 Å². The molecule has 7 nitrogen and oxygen atoms in total. The number of carbonyl (C=O) groups excluding carboxylic acids is 2. The Hall–Kier alpha value is -2.15. The summed E-state index contributed by atoms with van der Waals surface area (Å²) in [6, 6.07) is 3.45. The molecule has 1 aliphatic heterocycles. The first-order valence-electron chi connectivity index (χ1n) is 9.25. The van der Waals surface area contributed by atoms with Crippen molar-refractivity contribution in [3.05, 3.63) is 23.9 Å². The molecule has 2 amide bonds. The normalized spacial score (nSPS) is 17.3. The minimum absolute atomic E-state index is 0.0308. The molecule has 144 valence electrons. The molecule has 1 saturated heterocycles. The van der Waals surface area contributed by atoms with E-state index in [0.717, 1.165) is 26.1 Å². The van der Waals surface area contributed by atoms with Gasteiger partial charge in [-0.3, -0.25) is 9.59 Å². The molecular formula is C19H31N5O2. The highest BCUT2D eigenvalue weighted by Gasteiger charge is 2.23. The van der Waals surface area contributed by atoms with E-state index in [0.29, 0.717) is 29.8 Å². The third-order valence-corrected chi connectivity index (χ3v) is 4.49. The summed E-state index contributed by atoms with van der Waals surface area (Å²) in [6.07, 6.45) is 2.67. The Morgan fingerprint density at radius 1 is 1.35 bits per heavy atom. The van der Waals surface area contributed by atoms with Crippen molar-refractivity contribution in [1.29, 1.82) is 0 Å². The number of carbonyl (C=O) groups is 2. The van der Waals surface area contributed by atoms with Gasteiger partial charge in [0, 0.05) is 39.9 Å². The lowest BCUT2D eigenvalue weighted by atomic mass is 10.1. The molecule has 0 spiro atoms. The molecule has 2 N–H and O–H groups in total. The van der Waals surface area contributed by atoms with E-state index in [1.807, 2.05) is 0 Å². The molecule has 7 heteroatoms. The molecule has 1 fully saturated rings. The van der Waals surface area contributed by atoms with Gasteiger partial charge in [0.05, 0.1) is 12.1 Å². The van der Waals surface area contributed by atoms with Crippen molar-refractivity contribution in [2.24, 2.45) is 11.8 Å². The Morgan fingerprint density at radius 2 is 2.12 bits per heavy atom. The number of hydrogen-bond donors (Lipinski definition) is 2. The van der Waals surface area contributed by atoms with Gasteiger partial charge in [-0.25, -0.2) is 4.98 Å². The third kappa shape index (κ3) is 6.29. The minimum atomic E-state index is -0.101. The number of aromatic nitrogens is 1. The van der Waals surface area contributed by atoms with Gasteiger partial charge < -0.3 is 20.4 Å². The molecule has 1 atom stereocenters. The summed E-state index contributed by atoms with van der Waals surface area (Å²) in [4.78, 5) is 32.0. The van der Waals surface area contributed by atoms with Crippen LogP contribution in [0.2, 0.25) is 0 Å². The van der Waals surface area contributed by atoms with Crippen LogP contribution in [0.25, 0.3) is 0 Å². The highest BCUT2D eigenvalue weighted by atomic mass is 16.2. The summed E-state index contributed by atoms with van der Waals surface area (Å²) in [5.74, 6) is 1.64. The van der Waals surface area contributed by atoms with E-state index >= 15 is 0 Å². The number of nitrogens with one attached hydrogen (secondary N) is 2. The number of rotatable bonds is 8. The Balaban J connectivity index is 1.75. The van der Waals surface area contributed by atoms with Crippen LogP contribution >= 0.6 is 0 Å². The molecule has 1 aromatic rings. The predicted octanol–water partition coefficient (Wildman–Crippen LogP) is 1.29. The molecule has 26 heavy (non-hydrogen) atoms. The van der Waals surface area contributed by atoms with Crippen LogP contribution in [-0.2, 0) is 4.79 Å². The zero-order chi connectivity index (χ0) is 19.1. The number of nitrogens with zero attached hydrogens (tertiary/aromatic N) is 3. The maximum Gasteiger partial charge on any atom is 0.252 e. The number of likely N-dealkylation sites (N-methyl/N-ethyl adjacent to an activating group) is 1. The van der Waals surface area contributed by atoms with E-state index in [9.17, 15) is 9.59 Å². The second-order valence-corrected chi connectivity index (χ2v) is 7.59. The van der Waals surface area contributed by atoms with Crippen LogP contribution in [0.5, 0.6) is 0 Å². The molecule has 0 aliphatic carbocycles. The summed E-state index contributed by atoms with van der Waals surface area (Å²) in [5, 5.41) is 5.96. The SMILES string of the molecule is CC(C)CN1CC[C@H](CNC(=O)c2ccc(NCC(=O)N(C)C)nc2)C1. The average molecular weight is 361 g/mol. The van der Waals surface area contributed by atoms with Crippen molar-refractivity contribution in [1.82, 2.24) is 20.1 Å². The van der Waals surface area contributed by atoms with Gasteiger partial charge >= 0.3 is 0 Å². The summed E-state index contributed by atoms with van der Waals surface area (Å²) in [5.41, 5.74) is 0.534. The predicted molar refractivity (Wildman–Crippen MR) is 103 cm³/mol. The molecule has 0 saturated carbocycles. The molecule has 0 aromatic carbocycles. The fraction of sp³-hybridized carbons (Fsp3) is 0.632. The zero-order valence-electron chi connectivity index (χ0n) is 16.3. The molecular weight excluding hydrogens is 330 g/mol. The molecule has 0 bridgehead atoms. The van der Waals surface area contributed by atoms with Crippen LogP contribution in [-0.4, -0.2) is 73.4 Å². The second-order valence-electron chi connectivity index (χ2n) is 7.59. The van der Waals surface area contributed by atoms with Gasteiger partial charge in [0.15, 0.2) is 0 Å². The summed E-state index contributed by atoms with van der Waals surface area (Å²) in [6.45, 7) is 8.64. The number of hydrogen-bond acceptors (Lipinski definition) is 5. The van der Waals surface area contributed by atoms with Crippen LogP contribution in [0.3, 0.4) is 0 Å². The number of likely N-dealkylation sites (tertiary alicyclic amines) is 1. The lowest BCUT2D eigenvalue weighted by molar-refractivity contribution is -0.126. The van der Waals surface area contributed by atoms with Gasteiger partial charge in [-0.2, -0.15) is 0 Å². The van der Waals surface area contributed by atoms with Crippen molar-refractivity contribution in [2.45, 2.75) is 20.3 Å². The Bertz CT molecular complexity index is 600. The molecule has 2 heterocycles. The quantitative estimate of drug-likeness (QED) is 0.730. The first kappa shape index (κ1) is 20.2. The van der Waals surface area contributed by atoms with Crippen molar-refractivity contribution >= 4 is 17.6 Å². The molecule has 0 unspecified atom stereocenters. The van der Waals surface area contributed by atoms with E-state index in [4.69, 9.17) is 0 Å². The van der Waals surface area contributed by atoms with Crippen molar-refractivity contribution in [3.8, 4) is 0 Å². The number of anilines is 1. The number of pyridine rings is 1. The summed E-state index contributed by atoms with van der Waals surface area (Å²) in [7, 11) is 3.41. The van der Waals surface area contributed by atoms with E-state index in [-0.39, 0.29) is 18.4 Å². The molecule has 2 rings (SSSR count). The minimum Gasteiger partial charge on any atom is -0.361 e. The number of amides is 2. The average Bonchev–Trinajstić information content (AvgIpc) is 3.04. The monoisotopic (exact) mass is 361 g/mol. The fourth-order valence-electron chi connectivity index (χ4n) is 3.06. The van der Waals surface area contributed by atoms with E-state index in [2.05, 4.69) is 34.4 Å². The van der Waals surface area contributed by atoms with Gasteiger partial charge in [0.1, 0.15) is 5.82 Å². The Labute approximate surface area is 156 Å². The Kier molecular flexibility index (Phi) is 7.38. The summed E-state index contributed by atoms with van der Waals surface area (Å²) >= 11 is 0. The highest BCUT2D eigenvalue weighted by molar-refractivity contribution is 5.94. The van der Waals surface area contributed by atoms with E-state index in [1.165, 1.54) is 11.1 Å². The molecule has 0 radical (unpaired) electrons. The molecule has 1 aromatic heterocycles. The maximum atomic E-state index is 12.3. The van der Waals surface area contributed by atoms with Crippen LogP contribution in [0.4, 0.5) is 5.82 Å². The van der Waals surface area contributed by atoms with Gasteiger partial charge in [-0.05, 0) is 36.9 Å².